The van der Waals surface area contributed by atoms with Crippen molar-refractivity contribution in [3.63, 3.8) is 0 Å². The zero-order chi connectivity index (χ0) is 9.10. The predicted octanol–water partition coefficient (Wildman–Crippen LogP) is 3.10. The second kappa shape index (κ2) is 4.08. The Morgan fingerprint density at radius 2 is 2.15 bits per heavy atom. The highest BCUT2D eigenvalue weighted by Crippen LogP contribution is 2.39. The van der Waals surface area contributed by atoms with Crippen LogP contribution in [0.1, 0.15) is 44.9 Å². The molecule has 0 N–H and O–H groups in total. The SMILES string of the molecule is O=CCC1CCC=C(CC2CC2)C1. The number of hydrogen-bond donors (Lipinski definition) is 0. The van der Waals surface area contributed by atoms with Crippen LogP contribution in [0.4, 0.5) is 0 Å². The maximum atomic E-state index is 10.4. The number of hydrogen-bond acceptors (Lipinski definition) is 1. The van der Waals surface area contributed by atoms with Gasteiger partial charge in [-0.05, 0) is 50.4 Å². The van der Waals surface area contributed by atoms with Gasteiger partial charge in [0.25, 0.3) is 0 Å². The molecule has 0 heterocycles. The Morgan fingerprint density at radius 1 is 1.31 bits per heavy atom. The van der Waals surface area contributed by atoms with Crippen LogP contribution in [0.15, 0.2) is 11.6 Å². The van der Waals surface area contributed by atoms with Gasteiger partial charge in [-0.2, -0.15) is 0 Å². The van der Waals surface area contributed by atoms with Crippen LogP contribution in [0.25, 0.3) is 0 Å². The molecule has 0 aromatic carbocycles. The van der Waals surface area contributed by atoms with E-state index >= 15 is 0 Å². The summed E-state index contributed by atoms with van der Waals surface area (Å²) in [5.74, 6) is 1.66. The minimum Gasteiger partial charge on any atom is -0.303 e. The van der Waals surface area contributed by atoms with E-state index in [0.717, 1.165) is 18.6 Å². The fourth-order valence-corrected chi connectivity index (χ4v) is 2.28. The second-order valence-electron chi connectivity index (χ2n) is 4.56. The van der Waals surface area contributed by atoms with Crippen molar-refractivity contribution in [1.29, 1.82) is 0 Å². The fraction of sp³-hybridized carbons (Fsp3) is 0.750. The molecule has 1 unspecified atom stereocenters. The van der Waals surface area contributed by atoms with Gasteiger partial charge in [0, 0.05) is 6.42 Å². The first-order valence-electron chi connectivity index (χ1n) is 5.50. The fourth-order valence-electron chi connectivity index (χ4n) is 2.28. The predicted molar refractivity (Wildman–Crippen MR) is 53.4 cm³/mol. The number of carbonyl (C=O) groups excluding carboxylic acids is 1. The number of carbonyl (C=O) groups is 1. The van der Waals surface area contributed by atoms with Crippen LogP contribution in [0.3, 0.4) is 0 Å². The molecule has 1 heteroatoms. The molecule has 1 atom stereocenters. The van der Waals surface area contributed by atoms with Crippen molar-refractivity contribution >= 4 is 6.29 Å². The van der Waals surface area contributed by atoms with Crippen LogP contribution < -0.4 is 0 Å². The van der Waals surface area contributed by atoms with Crippen LogP contribution in [-0.2, 0) is 4.79 Å². The lowest BCUT2D eigenvalue weighted by molar-refractivity contribution is -0.108. The van der Waals surface area contributed by atoms with Gasteiger partial charge in [0.1, 0.15) is 6.29 Å². The smallest absolute Gasteiger partial charge is 0.120 e. The number of rotatable bonds is 4. The first kappa shape index (κ1) is 8.98. The summed E-state index contributed by atoms with van der Waals surface area (Å²) in [5, 5.41) is 0. The van der Waals surface area contributed by atoms with E-state index in [0.29, 0.717) is 5.92 Å². The highest BCUT2D eigenvalue weighted by atomic mass is 16.1. The van der Waals surface area contributed by atoms with Crippen molar-refractivity contribution in [3.05, 3.63) is 11.6 Å². The molecule has 0 aliphatic heterocycles. The molecule has 2 aliphatic rings. The third-order valence-corrected chi connectivity index (χ3v) is 3.24. The molecule has 13 heavy (non-hydrogen) atoms. The van der Waals surface area contributed by atoms with E-state index in [9.17, 15) is 4.79 Å². The molecule has 0 amide bonds. The zero-order valence-corrected chi connectivity index (χ0v) is 8.17. The summed E-state index contributed by atoms with van der Waals surface area (Å²) in [6, 6.07) is 0. The lowest BCUT2D eigenvalue weighted by Gasteiger charge is -2.20. The Kier molecular flexibility index (Phi) is 2.82. The van der Waals surface area contributed by atoms with Crippen molar-refractivity contribution in [1.82, 2.24) is 0 Å². The van der Waals surface area contributed by atoms with Crippen molar-refractivity contribution in [3.8, 4) is 0 Å². The Hall–Kier alpha value is -0.590. The Labute approximate surface area is 80.2 Å². The van der Waals surface area contributed by atoms with Gasteiger partial charge in [0.05, 0.1) is 0 Å². The topological polar surface area (TPSA) is 17.1 Å². The molecule has 2 rings (SSSR count). The van der Waals surface area contributed by atoms with Crippen LogP contribution in [0.5, 0.6) is 0 Å². The molecule has 0 saturated heterocycles. The van der Waals surface area contributed by atoms with E-state index in [-0.39, 0.29) is 0 Å². The summed E-state index contributed by atoms with van der Waals surface area (Å²) in [6.07, 6.45) is 12.1. The molecular formula is C12H18O. The molecule has 0 bridgehead atoms. The highest BCUT2D eigenvalue weighted by Gasteiger charge is 2.24. The lowest BCUT2D eigenvalue weighted by Crippen LogP contribution is -2.07. The maximum Gasteiger partial charge on any atom is 0.120 e. The van der Waals surface area contributed by atoms with E-state index in [1.165, 1.54) is 38.5 Å². The van der Waals surface area contributed by atoms with E-state index in [4.69, 9.17) is 0 Å². The Morgan fingerprint density at radius 3 is 2.85 bits per heavy atom. The zero-order valence-electron chi connectivity index (χ0n) is 8.17. The summed E-state index contributed by atoms with van der Waals surface area (Å²) in [4.78, 5) is 10.4. The monoisotopic (exact) mass is 178 g/mol. The van der Waals surface area contributed by atoms with E-state index < -0.39 is 0 Å². The summed E-state index contributed by atoms with van der Waals surface area (Å²) in [7, 11) is 0. The third kappa shape index (κ3) is 2.68. The Balaban J connectivity index is 1.81. The first-order chi connectivity index (χ1) is 6.38. The molecule has 72 valence electrons. The summed E-state index contributed by atoms with van der Waals surface area (Å²) in [6.45, 7) is 0. The number of aldehydes is 1. The van der Waals surface area contributed by atoms with Crippen molar-refractivity contribution < 1.29 is 4.79 Å². The van der Waals surface area contributed by atoms with Gasteiger partial charge in [-0.1, -0.05) is 11.6 Å². The van der Waals surface area contributed by atoms with Crippen LogP contribution in [0, 0.1) is 11.8 Å². The van der Waals surface area contributed by atoms with Crippen LogP contribution in [-0.4, -0.2) is 6.29 Å². The molecule has 2 aliphatic carbocycles. The van der Waals surface area contributed by atoms with Gasteiger partial charge in [0.15, 0.2) is 0 Å². The van der Waals surface area contributed by atoms with Crippen LogP contribution in [0.2, 0.25) is 0 Å². The normalized spacial score (nSPS) is 28.3. The average molecular weight is 178 g/mol. The van der Waals surface area contributed by atoms with Gasteiger partial charge in [-0.15, -0.1) is 0 Å². The first-order valence-corrected chi connectivity index (χ1v) is 5.50. The second-order valence-corrected chi connectivity index (χ2v) is 4.56. The number of allylic oxidation sites excluding steroid dienone is 2. The highest BCUT2D eigenvalue weighted by molar-refractivity contribution is 5.49. The maximum absolute atomic E-state index is 10.4. The minimum absolute atomic E-state index is 0.663. The summed E-state index contributed by atoms with van der Waals surface area (Å²) < 4.78 is 0. The minimum atomic E-state index is 0.663. The largest absolute Gasteiger partial charge is 0.303 e. The van der Waals surface area contributed by atoms with Gasteiger partial charge in [0.2, 0.25) is 0 Å². The summed E-state index contributed by atoms with van der Waals surface area (Å²) in [5.41, 5.74) is 1.64. The summed E-state index contributed by atoms with van der Waals surface area (Å²) >= 11 is 0. The standard InChI is InChI=1S/C12H18O/c13-7-6-10-2-1-3-12(8-10)9-11-4-5-11/h3,7,10-11H,1-2,4-6,8-9H2. The molecular weight excluding hydrogens is 160 g/mol. The van der Waals surface area contributed by atoms with Gasteiger partial charge in [-0.25, -0.2) is 0 Å². The molecule has 1 saturated carbocycles. The molecule has 1 fully saturated rings. The molecule has 0 aromatic heterocycles. The molecule has 0 aromatic rings. The van der Waals surface area contributed by atoms with Crippen molar-refractivity contribution in [2.45, 2.75) is 44.9 Å². The van der Waals surface area contributed by atoms with E-state index in [2.05, 4.69) is 6.08 Å². The third-order valence-electron chi connectivity index (χ3n) is 3.24. The van der Waals surface area contributed by atoms with E-state index in [1.54, 1.807) is 5.57 Å². The molecule has 0 radical (unpaired) electrons. The van der Waals surface area contributed by atoms with Crippen LogP contribution >= 0.6 is 0 Å². The molecule has 1 nitrogen and oxygen atoms in total. The quantitative estimate of drug-likeness (QED) is 0.477. The Bertz CT molecular complexity index is 213. The van der Waals surface area contributed by atoms with Gasteiger partial charge in [-0.3, -0.25) is 0 Å². The van der Waals surface area contributed by atoms with Crippen molar-refractivity contribution in [2.75, 3.05) is 0 Å². The van der Waals surface area contributed by atoms with Crippen molar-refractivity contribution in [2.24, 2.45) is 11.8 Å². The molecule has 0 spiro atoms. The van der Waals surface area contributed by atoms with Gasteiger partial charge >= 0.3 is 0 Å². The average Bonchev–Trinajstić information content (AvgIpc) is 2.90. The van der Waals surface area contributed by atoms with Gasteiger partial charge < -0.3 is 4.79 Å². The lowest BCUT2D eigenvalue weighted by atomic mass is 9.85. The van der Waals surface area contributed by atoms with E-state index in [1.807, 2.05) is 0 Å².